The van der Waals surface area contributed by atoms with Crippen LogP contribution in [0.3, 0.4) is 0 Å². The van der Waals surface area contributed by atoms with Crippen LogP contribution < -0.4 is 11.1 Å². The maximum atomic E-state index is 10.3. The first kappa shape index (κ1) is 14.1. The summed E-state index contributed by atoms with van der Waals surface area (Å²) in [6, 6.07) is 5.52. The normalized spacial score (nSPS) is 12.2. The molecule has 0 bridgehead atoms. The van der Waals surface area contributed by atoms with Crippen molar-refractivity contribution >= 4 is 29.3 Å². The van der Waals surface area contributed by atoms with Crippen molar-refractivity contribution in [1.29, 1.82) is 0 Å². The van der Waals surface area contributed by atoms with Crippen LogP contribution in [0.4, 0.5) is 4.79 Å². The van der Waals surface area contributed by atoms with Crippen molar-refractivity contribution in [3.05, 3.63) is 33.8 Å². The van der Waals surface area contributed by atoms with Crippen LogP contribution in [0.1, 0.15) is 18.5 Å². The molecule has 1 unspecified atom stereocenters. The quantitative estimate of drug-likeness (QED) is 0.813. The molecule has 0 radical (unpaired) electrons. The lowest BCUT2D eigenvalue weighted by Gasteiger charge is -2.14. The molecule has 0 saturated heterocycles. The van der Waals surface area contributed by atoms with E-state index >= 15 is 0 Å². The van der Waals surface area contributed by atoms with Gasteiger partial charge < -0.3 is 15.8 Å². The lowest BCUT2D eigenvalue weighted by atomic mass is 10.1. The predicted molar refractivity (Wildman–Crippen MR) is 68.4 cm³/mol. The lowest BCUT2D eigenvalue weighted by molar-refractivity contribution is 0.156. The molecule has 94 valence electrons. The van der Waals surface area contributed by atoms with Gasteiger partial charge in [-0.25, -0.2) is 4.79 Å². The number of carbonyl (C=O) groups excluding carboxylic acids is 1. The molecule has 0 aliphatic rings. The molecule has 1 aromatic carbocycles. The zero-order valence-corrected chi connectivity index (χ0v) is 10.9. The first-order valence-corrected chi connectivity index (χ1v) is 5.87. The highest BCUT2D eigenvalue weighted by atomic mass is 35.5. The van der Waals surface area contributed by atoms with Gasteiger partial charge >= 0.3 is 6.09 Å². The van der Waals surface area contributed by atoms with Gasteiger partial charge in [0, 0.05) is 12.6 Å². The van der Waals surface area contributed by atoms with Crippen LogP contribution in [0.5, 0.6) is 0 Å². The number of rotatable bonds is 5. The van der Waals surface area contributed by atoms with E-state index in [0.717, 1.165) is 5.56 Å². The first-order chi connectivity index (χ1) is 8.00. The zero-order chi connectivity index (χ0) is 12.8. The Kier molecular flexibility index (Phi) is 5.55. The smallest absolute Gasteiger partial charge is 0.404 e. The number of hydrogen-bond acceptors (Lipinski definition) is 3. The highest BCUT2D eigenvalue weighted by Crippen LogP contribution is 2.25. The second-order valence-corrected chi connectivity index (χ2v) is 4.33. The molecule has 3 N–H and O–H groups in total. The number of nitrogens with one attached hydrogen (secondary N) is 1. The topological polar surface area (TPSA) is 64.3 Å². The third-order valence-corrected chi connectivity index (χ3v) is 2.98. The molecular weight excluding hydrogens is 263 g/mol. The van der Waals surface area contributed by atoms with Gasteiger partial charge in [0.2, 0.25) is 0 Å². The number of halogens is 2. The minimum Gasteiger partial charge on any atom is -0.448 e. The largest absolute Gasteiger partial charge is 0.448 e. The SMILES string of the molecule is CC(NCCOC(N)=O)c1ccc(Cl)c(Cl)c1. The Hall–Kier alpha value is -0.970. The van der Waals surface area contributed by atoms with Crippen LogP contribution in [-0.4, -0.2) is 19.2 Å². The molecule has 4 nitrogen and oxygen atoms in total. The molecule has 0 spiro atoms. The van der Waals surface area contributed by atoms with E-state index in [9.17, 15) is 4.79 Å². The van der Waals surface area contributed by atoms with Crippen molar-refractivity contribution < 1.29 is 9.53 Å². The third-order valence-electron chi connectivity index (χ3n) is 2.24. The van der Waals surface area contributed by atoms with Crippen molar-refractivity contribution in [2.75, 3.05) is 13.2 Å². The minimum atomic E-state index is -0.769. The van der Waals surface area contributed by atoms with Crippen LogP contribution in [0.25, 0.3) is 0 Å². The fraction of sp³-hybridized carbons (Fsp3) is 0.364. The van der Waals surface area contributed by atoms with E-state index in [2.05, 4.69) is 10.1 Å². The Morgan fingerprint density at radius 2 is 2.18 bits per heavy atom. The summed E-state index contributed by atoms with van der Waals surface area (Å²) in [6.45, 7) is 2.73. The van der Waals surface area contributed by atoms with Crippen LogP contribution in [-0.2, 0) is 4.74 Å². The van der Waals surface area contributed by atoms with Crippen molar-refractivity contribution in [3.8, 4) is 0 Å². The van der Waals surface area contributed by atoms with Gasteiger partial charge in [0.1, 0.15) is 6.61 Å². The molecule has 1 amide bonds. The van der Waals surface area contributed by atoms with Gasteiger partial charge in [-0.15, -0.1) is 0 Å². The zero-order valence-electron chi connectivity index (χ0n) is 9.37. The molecule has 0 saturated carbocycles. The standard InChI is InChI=1S/C11H14Cl2N2O2/c1-7(15-4-5-17-11(14)16)8-2-3-9(12)10(13)6-8/h2-3,6-7,15H,4-5H2,1H3,(H2,14,16). The molecule has 1 aromatic rings. The number of nitrogens with two attached hydrogens (primary N) is 1. The van der Waals surface area contributed by atoms with Crippen LogP contribution >= 0.6 is 23.2 Å². The Labute approximate surface area is 110 Å². The van der Waals surface area contributed by atoms with Gasteiger partial charge in [-0.2, -0.15) is 0 Å². The summed E-state index contributed by atoms with van der Waals surface area (Å²) in [7, 11) is 0. The molecule has 0 fully saturated rings. The maximum absolute atomic E-state index is 10.3. The summed E-state index contributed by atoms with van der Waals surface area (Å²) in [5.74, 6) is 0. The molecule has 0 heterocycles. The van der Waals surface area contributed by atoms with Crippen LogP contribution in [0, 0.1) is 0 Å². The second-order valence-electron chi connectivity index (χ2n) is 3.52. The summed E-state index contributed by atoms with van der Waals surface area (Å²) in [5.41, 5.74) is 5.85. The van der Waals surface area contributed by atoms with Crippen molar-refractivity contribution in [2.24, 2.45) is 5.73 Å². The summed E-state index contributed by atoms with van der Waals surface area (Å²) < 4.78 is 4.60. The van der Waals surface area contributed by atoms with E-state index in [0.29, 0.717) is 16.6 Å². The summed E-state index contributed by atoms with van der Waals surface area (Å²) in [4.78, 5) is 10.3. The van der Waals surface area contributed by atoms with Gasteiger partial charge in [0.15, 0.2) is 0 Å². The molecule has 0 aliphatic heterocycles. The Morgan fingerprint density at radius 3 is 2.76 bits per heavy atom. The monoisotopic (exact) mass is 276 g/mol. The van der Waals surface area contributed by atoms with Crippen LogP contribution in [0.15, 0.2) is 18.2 Å². The average Bonchev–Trinajstić information content (AvgIpc) is 2.27. The third kappa shape index (κ3) is 4.81. The number of benzene rings is 1. The molecular formula is C11H14Cl2N2O2. The van der Waals surface area contributed by atoms with E-state index in [1.807, 2.05) is 13.0 Å². The summed E-state index contributed by atoms with van der Waals surface area (Å²) in [5, 5.41) is 4.21. The first-order valence-electron chi connectivity index (χ1n) is 5.11. The van der Waals surface area contributed by atoms with Crippen molar-refractivity contribution in [1.82, 2.24) is 5.32 Å². The number of amides is 1. The van der Waals surface area contributed by atoms with Gasteiger partial charge in [0.05, 0.1) is 10.0 Å². The number of carbonyl (C=O) groups is 1. The minimum absolute atomic E-state index is 0.0845. The molecule has 1 rings (SSSR count). The Morgan fingerprint density at radius 1 is 1.47 bits per heavy atom. The molecule has 1 atom stereocenters. The number of primary amides is 1. The molecule has 0 aromatic heterocycles. The fourth-order valence-electron chi connectivity index (χ4n) is 1.33. The Balaban J connectivity index is 2.44. The second kappa shape index (κ2) is 6.69. The highest BCUT2D eigenvalue weighted by Gasteiger charge is 2.07. The van der Waals surface area contributed by atoms with Gasteiger partial charge in [-0.1, -0.05) is 29.3 Å². The van der Waals surface area contributed by atoms with E-state index in [1.54, 1.807) is 12.1 Å². The molecule has 0 aliphatic carbocycles. The number of hydrogen-bond donors (Lipinski definition) is 2. The molecule has 17 heavy (non-hydrogen) atoms. The van der Waals surface area contributed by atoms with Gasteiger partial charge in [0.25, 0.3) is 0 Å². The van der Waals surface area contributed by atoms with E-state index < -0.39 is 6.09 Å². The van der Waals surface area contributed by atoms with E-state index in [-0.39, 0.29) is 12.6 Å². The average molecular weight is 277 g/mol. The Bertz CT molecular complexity index is 399. The molecule has 6 heteroatoms. The number of ether oxygens (including phenoxy) is 1. The predicted octanol–water partition coefficient (Wildman–Crippen LogP) is 2.74. The lowest BCUT2D eigenvalue weighted by Crippen LogP contribution is -2.25. The fourth-order valence-corrected chi connectivity index (χ4v) is 1.63. The van der Waals surface area contributed by atoms with E-state index in [4.69, 9.17) is 28.9 Å². The highest BCUT2D eigenvalue weighted by molar-refractivity contribution is 6.42. The van der Waals surface area contributed by atoms with Gasteiger partial charge in [-0.3, -0.25) is 0 Å². The van der Waals surface area contributed by atoms with Crippen molar-refractivity contribution in [2.45, 2.75) is 13.0 Å². The van der Waals surface area contributed by atoms with Crippen LogP contribution in [0.2, 0.25) is 10.0 Å². The maximum Gasteiger partial charge on any atom is 0.404 e. The van der Waals surface area contributed by atoms with Gasteiger partial charge in [-0.05, 0) is 24.6 Å². The summed E-state index contributed by atoms with van der Waals surface area (Å²) >= 11 is 11.7. The van der Waals surface area contributed by atoms with Crippen molar-refractivity contribution in [3.63, 3.8) is 0 Å². The van der Waals surface area contributed by atoms with E-state index in [1.165, 1.54) is 0 Å². The summed E-state index contributed by atoms with van der Waals surface area (Å²) in [6.07, 6.45) is -0.769.